The number of carbonyl (C=O) groups excluding carboxylic acids is 2. The van der Waals surface area contributed by atoms with Crippen LogP contribution in [-0.2, 0) is 20.7 Å². The second-order valence-electron chi connectivity index (χ2n) is 4.39. The first-order valence-corrected chi connectivity index (χ1v) is 7.14. The first-order valence-electron chi connectivity index (χ1n) is 7.14. The number of carboxylic acids is 1. The molecule has 1 rings (SSSR count). The third-order valence-electron chi connectivity index (χ3n) is 2.66. The number of ether oxygens (including phenoxy) is 4. The Bertz CT molecular complexity index is 609. The number of hydrogen-bond donors (Lipinski definition) is 2. The summed E-state index contributed by atoms with van der Waals surface area (Å²) in [6.45, 7) is 3.32. The third kappa shape index (κ3) is 6.03. The summed E-state index contributed by atoms with van der Waals surface area (Å²) in [5.41, 5.74) is 0.238. The number of aromatic hydroxyl groups is 1. The number of carbonyl (C=O) groups is 3. The number of phenols is 1. The molecule has 0 aromatic heterocycles. The highest BCUT2D eigenvalue weighted by Gasteiger charge is 2.18. The van der Waals surface area contributed by atoms with E-state index in [1.807, 2.05) is 0 Å². The van der Waals surface area contributed by atoms with Crippen LogP contribution in [-0.4, -0.2) is 41.7 Å². The Kier molecular flexibility index (Phi) is 7.34. The molecule has 0 bridgehead atoms. The maximum absolute atomic E-state index is 11.4. The lowest BCUT2D eigenvalue weighted by atomic mass is 10.1. The van der Waals surface area contributed by atoms with Crippen molar-refractivity contribution in [2.24, 2.45) is 0 Å². The summed E-state index contributed by atoms with van der Waals surface area (Å²) in [5, 5.41) is 18.7. The Labute approximate surface area is 137 Å². The Morgan fingerprint density at radius 1 is 0.958 bits per heavy atom. The molecule has 0 unspecified atom stereocenters. The molecule has 0 saturated heterocycles. The molecule has 9 nitrogen and oxygen atoms in total. The van der Waals surface area contributed by atoms with E-state index in [9.17, 15) is 19.5 Å². The topological polar surface area (TPSA) is 129 Å². The van der Waals surface area contributed by atoms with E-state index in [1.54, 1.807) is 13.8 Å². The average Bonchev–Trinajstić information content (AvgIpc) is 2.49. The predicted molar refractivity (Wildman–Crippen MR) is 79.4 cm³/mol. The van der Waals surface area contributed by atoms with Gasteiger partial charge >= 0.3 is 18.3 Å². The zero-order valence-corrected chi connectivity index (χ0v) is 13.2. The lowest BCUT2D eigenvalue weighted by Crippen LogP contribution is -2.13. The normalized spacial score (nSPS) is 9.92. The molecule has 1 aromatic rings. The fraction of sp³-hybridized carbons (Fsp3) is 0.400. The van der Waals surface area contributed by atoms with E-state index in [4.69, 9.17) is 14.6 Å². The summed E-state index contributed by atoms with van der Waals surface area (Å²) in [7, 11) is 0. The highest BCUT2D eigenvalue weighted by molar-refractivity contribution is 5.70. The van der Waals surface area contributed by atoms with Crippen LogP contribution in [0.5, 0.6) is 17.2 Å². The van der Waals surface area contributed by atoms with Gasteiger partial charge in [-0.2, -0.15) is 0 Å². The molecule has 0 saturated carbocycles. The van der Waals surface area contributed by atoms with Crippen molar-refractivity contribution in [1.29, 1.82) is 0 Å². The summed E-state index contributed by atoms with van der Waals surface area (Å²) in [5.74, 6) is -1.90. The number of rotatable bonds is 7. The Morgan fingerprint density at radius 2 is 1.50 bits per heavy atom. The molecule has 132 valence electrons. The largest absolute Gasteiger partial charge is 0.513 e. The van der Waals surface area contributed by atoms with E-state index < -0.39 is 24.0 Å². The molecular weight excluding hydrogens is 324 g/mol. The van der Waals surface area contributed by atoms with Crippen LogP contribution in [0, 0.1) is 0 Å². The number of aliphatic carboxylic acids is 1. The standard InChI is InChI=1S/C15H18O9/c1-3-21-14(19)23-11-8-10(16)12(24-15(20)22-4-2)7-9(11)5-6-13(17)18/h7-8,16H,3-6H2,1-2H3,(H,17,18). The number of aryl methyl sites for hydroxylation is 1. The van der Waals surface area contributed by atoms with E-state index in [1.165, 1.54) is 6.07 Å². The summed E-state index contributed by atoms with van der Waals surface area (Å²) in [4.78, 5) is 33.5. The SMILES string of the molecule is CCOC(=O)Oc1cc(CCC(=O)O)c(OC(=O)OCC)cc1O. The van der Waals surface area contributed by atoms with Gasteiger partial charge in [0, 0.05) is 12.5 Å². The first kappa shape index (κ1) is 19.1. The number of benzene rings is 1. The van der Waals surface area contributed by atoms with Crippen molar-refractivity contribution >= 4 is 18.3 Å². The second-order valence-corrected chi connectivity index (χ2v) is 4.39. The molecule has 24 heavy (non-hydrogen) atoms. The van der Waals surface area contributed by atoms with Crippen LogP contribution in [0.2, 0.25) is 0 Å². The third-order valence-corrected chi connectivity index (χ3v) is 2.66. The first-order chi connectivity index (χ1) is 11.4. The molecule has 0 radical (unpaired) electrons. The minimum absolute atomic E-state index is 0.0243. The van der Waals surface area contributed by atoms with Crippen molar-refractivity contribution in [3.8, 4) is 17.2 Å². The van der Waals surface area contributed by atoms with Crippen molar-refractivity contribution in [3.63, 3.8) is 0 Å². The van der Waals surface area contributed by atoms with E-state index in [-0.39, 0.29) is 43.1 Å². The minimum Gasteiger partial charge on any atom is -0.504 e. The average molecular weight is 342 g/mol. The van der Waals surface area contributed by atoms with Crippen molar-refractivity contribution in [2.75, 3.05) is 13.2 Å². The fourth-order valence-electron chi connectivity index (χ4n) is 1.68. The molecule has 0 aliphatic carbocycles. The second kappa shape index (κ2) is 9.23. The van der Waals surface area contributed by atoms with Crippen molar-refractivity contribution in [2.45, 2.75) is 26.7 Å². The van der Waals surface area contributed by atoms with Gasteiger partial charge in [-0.15, -0.1) is 0 Å². The summed E-state index contributed by atoms with van der Waals surface area (Å²) in [6, 6.07) is 2.23. The summed E-state index contributed by atoms with van der Waals surface area (Å²) in [6.07, 6.45) is -2.32. The number of hydrogen-bond acceptors (Lipinski definition) is 8. The van der Waals surface area contributed by atoms with Gasteiger partial charge in [-0.1, -0.05) is 0 Å². The maximum Gasteiger partial charge on any atom is 0.513 e. The smallest absolute Gasteiger partial charge is 0.504 e. The number of carboxylic acid groups (broad SMARTS) is 1. The van der Waals surface area contributed by atoms with E-state index in [0.29, 0.717) is 0 Å². The van der Waals surface area contributed by atoms with Gasteiger partial charge < -0.3 is 29.2 Å². The van der Waals surface area contributed by atoms with Gasteiger partial charge in [0.1, 0.15) is 5.75 Å². The van der Waals surface area contributed by atoms with E-state index in [0.717, 1.165) is 6.07 Å². The van der Waals surface area contributed by atoms with Gasteiger partial charge in [0.2, 0.25) is 0 Å². The molecule has 0 amide bonds. The van der Waals surface area contributed by atoms with Crippen molar-refractivity contribution in [3.05, 3.63) is 17.7 Å². The Morgan fingerprint density at radius 3 is 2.00 bits per heavy atom. The molecule has 0 aliphatic heterocycles. The van der Waals surface area contributed by atoms with E-state index in [2.05, 4.69) is 9.47 Å². The van der Waals surface area contributed by atoms with Crippen LogP contribution >= 0.6 is 0 Å². The molecule has 0 fully saturated rings. The van der Waals surface area contributed by atoms with Crippen LogP contribution < -0.4 is 9.47 Å². The monoisotopic (exact) mass is 342 g/mol. The molecule has 0 atom stereocenters. The maximum atomic E-state index is 11.4. The summed E-state index contributed by atoms with van der Waals surface area (Å²) < 4.78 is 19.0. The van der Waals surface area contributed by atoms with E-state index >= 15 is 0 Å². The Balaban J connectivity index is 3.07. The van der Waals surface area contributed by atoms with Gasteiger partial charge in [-0.05, 0) is 31.9 Å². The molecule has 9 heteroatoms. The van der Waals surface area contributed by atoms with Crippen LogP contribution in [0.25, 0.3) is 0 Å². The molecule has 0 aliphatic rings. The van der Waals surface area contributed by atoms with Gasteiger partial charge in [0.25, 0.3) is 0 Å². The van der Waals surface area contributed by atoms with Crippen molar-refractivity contribution in [1.82, 2.24) is 0 Å². The predicted octanol–water partition coefficient (Wildman–Crippen LogP) is 2.48. The summed E-state index contributed by atoms with van der Waals surface area (Å²) >= 11 is 0. The van der Waals surface area contributed by atoms with Crippen LogP contribution in [0.1, 0.15) is 25.8 Å². The molecule has 2 N–H and O–H groups in total. The molecule has 1 aromatic carbocycles. The Hall–Kier alpha value is -2.97. The van der Waals surface area contributed by atoms with Crippen LogP contribution in [0.4, 0.5) is 9.59 Å². The quantitative estimate of drug-likeness (QED) is 0.567. The van der Waals surface area contributed by atoms with Gasteiger partial charge in [-0.3, -0.25) is 4.79 Å². The lowest BCUT2D eigenvalue weighted by molar-refractivity contribution is -0.136. The highest BCUT2D eigenvalue weighted by Crippen LogP contribution is 2.35. The van der Waals surface area contributed by atoms with Gasteiger partial charge in [0.15, 0.2) is 11.5 Å². The molecule has 0 spiro atoms. The van der Waals surface area contributed by atoms with Crippen LogP contribution in [0.3, 0.4) is 0 Å². The highest BCUT2D eigenvalue weighted by atomic mass is 16.7. The zero-order chi connectivity index (χ0) is 18.1. The fourth-order valence-corrected chi connectivity index (χ4v) is 1.68. The van der Waals surface area contributed by atoms with Crippen molar-refractivity contribution < 1.29 is 43.5 Å². The molecule has 0 heterocycles. The molecular formula is C15H18O9. The zero-order valence-electron chi connectivity index (χ0n) is 13.2. The van der Waals surface area contributed by atoms with Gasteiger partial charge in [-0.25, -0.2) is 9.59 Å². The van der Waals surface area contributed by atoms with Crippen LogP contribution in [0.15, 0.2) is 12.1 Å². The van der Waals surface area contributed by atoms with Gasteiger partial charge in [0.05, 0.1) is 13.2 Å². The number of phenolic OH excluding ortho intramolecular Hbond substituents is 1. The lowest BCUT2D eigenvalue weighted by Gasteiger charge is -2.13. The minimum atomic E-state index is -1.07.